The van der Waals surface area contributed by atoms with Crippen molar-refractivity contribution in [1.82, 2.24) is 5.32 Å². The third-order valence-electron chi connectivity index (χ3n) is 14.7. The van der Waals surface area contributed by atoms with Crippen LogP contribution in [-0.2, 0) is 28.7 Å². The van der Waals surface area contributed by atoms with Crippen LogP contribution in [0.1, 0.15) is 214 Å². The molecule has 1 aliphatic carbocycles. The van der Waals surface area contributed by atoms with Crippen molar-refractivity contribution in [2.24, 2.45) is 11.8 Å². The predicted molar refractivity (Wildman–Crippen MR) is 332 cm³/mol. The van der Waals surface area contributed by atoms with E-state index in [1.54, 1.807) is 13.0 Å². The Bertz CT molecular complexity index is 2050. The molecule has 2 rings (SSSR count). The normalized spacial score (nSPS) is 21.3. The molecule has 0 aromatic heterocycles. The molecule has 0 bridgehead atoms. The quantitative estimate of drug-likeness (QED) is 0.0153. The van der Waals surface area contributed by atoms with Crippen LogP contribution < -0.4 is 5.32 Å². The minimum absolute atomic E-state index is 0.104. The van der Waals surface area contributed by atoms with Gasteiger partial charge >= 0.3 is 0 Å². The second-order valence-corrected chi connectivity index (χ2v) is 22.1. The van der Waals surface area contributed by atoms with E-state index in [-0.39, 0.29) is 30.2 Å². The summed E-state index contributed by atoms with van der Waals surface area (Å²) >= 11 is 0. The Morgan fingerprint density at radius 1 is 0.562 bits per heavy atom. The van der Waals surface area contributed by atoms with Gasteiger partial charge in [0.1, 0.15) is 30.1 Å². The average molecular weight is 1110 g/mol. The molecule has 1 saturated carbocycles. The number of hydrogen-bond donors (Lipinski definition) is 4. The molecule has 10 heteroatoms. The van der Waals surface area contributed by atoms with Gasteiger partial charge in [0, 0.05) is 31.3 Å². The fraction of sp³-hybridized carbons (Fsp3) is 0.600. The van der Waals surface area contributed by atoms with Crippen LogP contribution in [0.3, 0.4) is 0 Å². The van der Waals surface area contributed by atoms with Gasteiger partial charge in [0.15, 0.2) is 17.9 Å². The molecule has 0 aromatic carbocycles. The zero-order chi connectivity index (χ0) is 58.3. The van der Waals surface area contributed by atoms with Gasteiger partial charge in [0.25, 0.3) is 0 Å². The number of amides is 1. The van der Waals surface area contributed by atoms with Crippen LogP contribution >= 0.6 is 0 Å². The highest BCUT2D eigenvalue weighted by Gasteiger charge is 2.44. The summed E-state index contributed by atoms with van der Waals surface area (Å²) in [4.78, 5) is 48.9. The first-order valence-corrected chi connectivity index (χ1v) is 31.0. The van der Waals surface area contributed by atoms with Gasteiger partial charge in [0.05, 0.1) is 12.2 Å². The Labute approximate surface area is 484 Å². The number of unbranched alkanes of at least 4 members (excludes halogenated alkanes) is 17. The Kier molecular flexibility index (Phi) is 42.5. The summed E-state index contributed by atoms with van der Waals surface area (Å²) in [7, 11) is 0. The molecule has 1 amide bonds. The lowest BCUT2D eigenvalue weighted by molar-refractivity contribution is -0.306. The molecule has 80 heavy (non-hydrogen) atoms. The second kappa shape index (κ2) is 47.8. The molecule has 10 nitrogen and oxygen atoms in total. The lowest BCUT2D eigenvalue weighted by Crippen LogP contribution is -2.58. The van der Waals surface area contributed by atoms with E-state index in [1.807, 2.05) is 86.8 Å². The van der Waals surface area contributed by atoms with Crippen molar-refractivity contribution in [3.05, 3.63) is 145 Å². The second-order valence-electron chi connectivity index (χ2n) is 22.1. The zero-order valence-corrected chi connectivity index (χ0v) is 50.1. The first kappa shape index (κ1) is 71.3. The third-order valence-corrected chi connectivity index (χ3v) is 14.7. The van der Waals surface area contributed by atoms with Crippen LogP contribution in [0.25, 0.3) is 0 Å². The van der Waals surface area contributed by atoms with E-state index in [0.29, 0.717) is 18.8 Å². The van der Waals surface area contributed by atoms with E-state index >= 15 is 0 Å². The first-order valence-electron chi connectivity index (χ1n) is 31.0. The van der Waals surface area contributed by atoms with Gasteiger partial charge < -0.3 is 30.1 Å². The van der Waals surface area contributed by atoms with E-state index in [2.05, 4.69) is 73.8 Å². The maximum absolute atomic E-state index is 13.4. The summed E-state index contributed by atoms with van der Waals surface area (Å²) in [6, 6.07) is -0.996. The molecule has 1 aliphatic heterocycles. The van der Waals surface area contributed by atoms with Crippen LogP contribution in [0.2, 0.25) is 0 Å². The molecule has 4 N–H and O–H groups in total. The Hall–Kier alpha value is -4.84. The van der Waals surface area contributed by atoms with Gasteiger partial charge in [0.2, 0.25) is 5.91 Å². The highest BCUT2D eigenvalue weighted by molar-refractivity contribution is 6.14. The van der Waals surface area contributed by atoms with Gasteiger partial charge in [-0.05, 0) is 116 Å². The molecule has 2 aliphatic rings. The van der Waals surface area contributed by atoms with E-state index in [9.17, 15) is 34.5 Å². The largest absolute Gasteiger partial charge is 0.388 e. The third kappa shape index (κ3) is 35.8. The maximum atomic E-state index is 13.4. The topological polar surface area (TPSA) is 159 Å². The summed E-state index contributed by atoms with van der Waals surface area (Å²) in [6.45, 7) is 9.90. The molecule has 1 heterocycles. The van der Waals surface area contributed by atoms with Crippen molar-refractivity contribution in [1.29, 1.82) is 0 Å². The van der Waals surface area contributed by atoms with Crippen LogP contribution in [0, 0.1) is 11.8 Å². The summed E-state index contributed by atoms with van der Waals surface area (Å²) in [5.74, 6) is -0.668. The zero-order valence-electron chi connectivity index (χ0n) is 50.1. The number of ether oxygens (including phenoxy) is 2. The lowest BCUT2D eigenvalue weighted by atomic mass is 9.92. The molecule has 446 valence electrons. The number of carbonyl (C=O) groups is 4. The van der Waals surface area contributed by atoms with Crippen molar-refractivity contribution in [2.75, 3.05) is 0 Å². The summed E-state index contributed by atoms with van der Waals surface area (Å²) < 4.78 is 12.0. The number of hydrogen-bond acceptors (Lipinski definition) is 9. The number of rotatable bonds is 45. The van der Waals surface area contributed by atoms with E-state index in [4.69, 9.17) is 9.47 Å². The number of Topliss-reactive ketones (excluding diaryl/α,β-unsaturated/α-hetero) is 3. The van der Waals surface area contributed by atoms with Gasteiger partial charge in [-0.25, -0.2) is 0 Å². The first-order chi connectivity index (χ1) is 38.8. The number of carbonyl (C=O) groups excluding carboxylic acids is 4. The van der Waals surface area contributed by atoms with Crippen LogP contribution in [0.15, 0.2) is 145 Å². The smallest absolute Gasteiger partial charge is 0.244 e. The van der Waals surface area contributed by atoms with Crippen LogP contribution in [0.4, 0.5) is 0 Å². The molecule has 0 aromatic rings. The number of ketones is 3. The fourth-order valence-electron chi connectivity index (χ4n) is 9.36. The number of allylic oxidation sites excluding steroid dienone is 22. The highest BCUT2D eigenvalue weighted by atomic mass is 16.7. The van der Waals surface area contributed by atoms with Gasteiger partial charge in [-0.15, -0.1) is 0 Å². The predicted octanol–water partition coefficient (Wildman–Crippen LogP) is 15.7. The van der Waals surface area contributed by atoms with Crippen molar-refractivity contribution >= 4 is 23.3 Å². The Morgan fingerprint density at radius 2 is 1.04 bits per heavy atom. The number of aliphatic hydroxyl groups is 3. The standard InChI is InChI=1S/C70H107NO9/c1-6-7-8-9-10-11-12-13-14-15-16-17-18-19-20-21-22-23-24-31-36-41-46-51-61(72)59(4)64(80-70-69(78)68(77)67(76)60(5)79-70)52-47-42-37-32-26-25-28-33-38-43-48-57(2)49-44-39-34-29-27-30-35-40-45-50-58(3)53-56-65(75)71-66-62(73)54-55-63(66)74/h12-13,22-23,25-26,28,30,32-35,37-40,42-43,45,47,50,53,56-57,59-60,64,66-70,76-78H,6-11,14-21,24,27,29,31,36,41,44,46,48-49,51-52,54-55H2,1-5H3,(H,71,75). The van der Waals surface area contributed by atoms with E-state index < -0.39 is 54.7 Å². The molecule has 0 radical (unpaired) electrons. The molecule has 0 spiro atoms. The van der Waals surface area contributed by atoms with E-state index in [1.165, 1.54) is 89.5 Å². The number of nitrogens with one attached hydrogen (secondary N) is 1. The minimum atomic E-state index is -1.44. The Morgan fingerprint density at radius 3 is 1.62 bits per heavy atom. The monoisotopic (exact) mass is 1110 g/mol. The van der Waals surface area contributed by atoms with Crippen LogP contribution in [0.5, 0.6) is 0 Å². The molecule has 2 fully saturated rings. The molecule has 1 saturated heterocycles. The van der Waals surface area contributed by atoms with Crippen molar-refractivity contribution in [3.8, 4) is 0 Å². The summed E-state index contributed by atoms with van der Waals surface area (Å²) in [6.07, 6.45) is 70.0. The highest BCUT2D eigenvalue weighted by Crippen LogP contribution is 2.27. The van der Waals surface area contributed by atoms with Gasteiger partial charge in [-0.2, -0.15) is 0 Å². The maximum Gasteiger partial charge on any atom is 0.244 e. The van der Waals surface area contributed by atoms with Gasteiger partial charge in [-0.1, -0.05) is 224 Å². The van der Waals surface area contributed by atoms with E-state index in [0.717, 1.165) is 76.2 Å². The number of aliphatic hydroxyl groups excluding tert-OH is 3. The van der Waals surface area contributed by atoms with Crippen molar-refractivity contribution < 1.29 is 44.0 Å². The van der Waals surface area contributed by atoms with Crippen molar-refractivity contribution in [2.45, 2.75) is 257 Å². The fourth-order valence-corrected chi connectivity index (χ4v) is 9.36. The molecular formula is C70H107NO9. The molecular weight excluding hydrogens is 999 g/mol. The lowest BCUT2D eigenvalue weighted by Gasteiger charge is -2.40. The Balaban J connectivity index is 1.62. The summed E-state index contributed by atoms with van der Waals surface area (Å²) in [5, 5.41) is 33.8. The van der Waals surface area contributed by atoms with Crippen LogP contribution in [-0.4, -0.2) is 81.4 Å². The summed E-state index contributed by atoms with van der Waals surface area (Å²) in [5.41, 5.74) is 0.872. The van der Waals surface area contributed by atoms with Gasteiger partial charge in [-0.3, -0.25) is 19.2 Å². The molecule has 8 atom stereocenters. The van der Waals surface area contributed by atoms with Crippen molar-refractivity contribution in [3.63, 3.8) is 0 Å². The SMILES string of the molecule is CCCCCCCC=CCCCCCCCCC=CCCCCCCC(=O)C(C)C(CC=CC=CC=CC=CC=CCC(C)CCC=CCCC=CC=CC=C(C)C=CC(=O)NC1C(=O)CCC1=O)OC1OC(C)C(O)C(O)C1O. The average Bonchev–Trinajstić information content (AvgIpc) is 3.76. The minimum Gasteiger partial charge on any atom is -0.388 e. The molecule has 8 unspecified atom stereocenters.